The van der Waals surface area contributed by atoms with Gasteiger partial charge in [0.05, 0.1) is 30.8 Å². The summed E-state index contributed by atoms with van der Waals surface area (Å²) in [5, 5.41) is 22.2. The molecule has 1 fully saturated rings. The number of anilines is 1. The Hall–Kier alpha value is -4.66. The standard InChI is InChI=1S/C25H20N2O7/c1-33-18-12-13-19(20(14-18)34-2)22-21(23(28)15-6-4-3-5-7-15)24(29)25(30)26(22)16-8-10-17(11-9-16)27(31)32/h3-14,22,28H,1-2H3/b23-21+/t22-/m1/s1. The molecule has 0 aliphatic carbocycles. The number of non-ortho nitro benzene ring substituents is 1. The molecule has 1 N–H and O–H groups in total. The first-order valence-electron chi connectivity index (χ1n) is 10.2. The Bertz CT molecular complexity index is 1300. The lowest BCUT2D eigenvalue weighted by molar-refractivity contribution is -0.384. The van der Waals surface area contributed by atoms with Crippen LogP contribution in [0.4, 0.5) is 11.4 Å². The lowest BCUT2D eigenvalue weighted by Crippen LogP contribution is -2.29. The number of carbonyl (C=O) groups excluding carboxylic acids is 2. The van der Waals surface area contributed by atoms with E-state index < -0.39 is 22.7 Å². The molecule has 0 radical (unpaired) electrons. The molecule has 3 aromatic rings. The number of amides is 1. The molecule has 0 aromatic heterocycles. The molecule has 1 aliphatic heterocycles. The van der Waals surface area contributed by atoms with Crippen molar-refractivity contribution in [3.63, 3.8) is 0 Å². The predicted molar refractivity (Wildman–Crippen MR) is 124 cm³/mol. The average molecular weight is 460 g/mol. The second-order valence-corrected chi connectivity index (χ2v) is 7.42. The molecule has 1 aliphatic rings. The third kappa shape index (κ3) is 3.83. The van der Waals surface area contributed by atoms with Crippen molar-refractivity contribution in [2.45, 2.75) is 6.04 Å². The second kappa shape index (κ2) is 9.07. The van der Waals surface area contributed by atoms with Crippen LogP contribution < -0.4 is 14.4 Å². The maximum Gasteiger partial charge on any atom is 0.300 e. The van der Waals surface area contributed by atoms with E-state index >= 15 is 0 Å². The first-order chi connectivity index (χ1) is 16.4. The number of hydrogen-bond donors (Lipinski definition) is 1. The van der Waals surface area contributed by atoms with Crippen LogP contribution in [0.3, 0.4) is 0 Å². The molecule has 1 saturated heterocycles. The fourth-order valence-corrected chi connectivity index (χ4v) is 3.92. The molecule has 0 spiro atoms. The van der Waals surface area contributed by atoms with Crippen molar-refractivity contribution >= 4 is 28.8 Å². The van der Waals surface area contributed by atoms with E-state index in [1.807, 2.05) is 0 Å². The van der Waals surface area contributed by atoms with Crippen molar-refractivity contribution in [2.75, 3.05) is 19.1 Å². The highest BCUT2D eigenvalue weighted by Crippen LogP contribution is 2.45. The van der Waals surface area contributed by atoms with E-state index in [1.165, 1.54) is 43.4 Å². The van der Waals surface area contributed by atoms with Crippen LogP contribution in [0.1, 0.15) is 17.2 Å². The van der Waals surface area contributed by atoms with E-state index in [4.69, 9.17) is 9.47 Å². The minimum Gasteiger partial charge on any atom is -0.507 e. The fraction of sp³-hybridized carbons (Fsp3) is 0.120. The largest absolute Gasteiger partial charge is 0.507 e. The molecule has 1 amide bonds. The molecule has 0 saturated carbocycles. The van der Waals surface area contributed by atoms with Crippen LogP contribution in [0, 0.1) is 10.1 Å². The number of Topliss-reactive ketones (excluding diaryl/α,β-unsaturated/α-hetero) is 1. The summed E-state index contributed by atoms with van der Waals surface area (Å²) in [7, 11) is 2.93. The zero-order valence-corrected chi connectivity index (χ0v) is 18.3. The number of methoxy groups -OCH3 is 2. The summed E-state index contributed by atoms with van der Waals surface area (Å²) in [6, 6.07) is 17.5. The molecule has 1 atom stereocenters. The van der Waals surface area contributed by atoms with Gasteiger partial charge in [-0.2, -0.15) is 0 Å². The van der Waals surface area contributed by atoms with Gasteiger partial charge in [-0.25, -0.2) is 0 Å². The normalized spacial score (nSPS) is 17.0. The Labute approximate surface area is 194 Å². The summed E-state index contributed by atoms with van der Waals surface area (Å²) in [4.78, 5) is 38.1. The van der Waals surface area contributed by atoms with Crippen molar-refractivity contribution in [3.8, 4) is 11.5 Å². The number of nitrogens with zero attached hydrogens (tertiary/aromatic N) is 2. The lowest BCUT2D eigenvalue weighted by atomic mass is 9.94. The SMILES string of the molecule is COc1ccc([C@@H]2/C(=C(\O)c3ccccc3)C(=O)C(=O)N2c2ccc([N+](=O)[O-])cc2)c(OC)c1. The molecule has 1 heterocycles. The van der Waals surface area contributed by atoms with E-state index in [2.05, 4.69) is 0 Å². The van der Waals surface area contributed by atoms with Gasteiger partial charge in [-0.15, -0.1) is 0 Å². The molecular formula is C25H20N2O7. The first kappa shape index (κ1) is 22.5. The smallest absolute Gasteiger partial charge is 0.300 e. The maximum absolute atomic E-state index is 13.2. The van der Waals surface area contributed by atoms with E-state index in [0.29, 0.717) is 22.6 Å². The van der Waals surface area contributed by atoms with Gasteiger partial charge >= 0.3 is 0 Å². The van der Waals surface area contributed by atoms with Crippen molar-refractivity contribution in [3.05, 3.63) is 99.6 Å². The van der Waals surface area contributed by atoms with Gasteiger partial charge in [0, 0.05) is 35.0 Å². The van der Waals surface area contributed by atoms with Gasteiger partial charge in [-0.05, 0) is 24.3 Å². The maximum atomic E-state index is 13.2. The van der Waals surface area contributed by atoms with E-state index in [9.17, 15) is 24.8 Å². The number of nitro groups is 1. The van der Waals surface area contributed by atoms with Crippen molar-refractivity contribution in [1.82, 2.24) is 0 Å². The summed E-state index contributed by atoms with van der Waals surface area (Å²) < 4.78 is 10.8. The number of nitro benzene ring substituents is 1. The summed E-state index contributed by atoms with van der Waals surface area (Å²) in [6.07, 6.45) is 0. The molecule has 0 bridgehead atoms. The van der Waals surface area contributed by atoms with Gasteiger partial charge in [0.25, 0.3) is 17.4 Å². The zero-order chi connectivity index (χ0) is 24.4. The highest BCUT2D eigenvalue weighted by atomic mass is 16.6. The molecule has 9 heteroatoms. The first-order valence-corrected chi connectivity index (χ1v) is 10.2. The van der Waals surface area contributed by atoms with Crippen LogP contribution in [-0.2, 0) is 9.59 Å². The third-order valence-electron chi connectivity index (χ3n) is 5.57. The molecule has 172 valence electrons. The van der Waals surface area contributed by atoms with Crippen LogP contribution in [0.5, 0.6) is 11.5 Å². The van der Waals surface area contributed by atoms with Crippen LogP contribution in [0.15, 0.2) is 78.4 Å². The minimum absolute atomic E-state index is 0.127. The van der Waals surface area contributed by atoms with Crippen LogP contribution in [-0.4, -0.2) is 35.9 Å². The number of ketones is 1. The summed E-state index contributed by atoms with van der Waals surface area (Å²) >= 11 is 0. The monoisotopic (exact) mass is 460 g/mol. The van der Waals surface area contributed by atoms with Gasteiger partial charge in [-0.1, -0.05) is 30.3 Å². The topological polar surface area (TPSA) is 119 Å². The molecule has 3 aromatic carbocycles. The quantitative estimate of drug-likeness (QED) is 0.192. The van der Waals surface area contributed by atoms with Gasteiger partial charge < -0.3 is 14.6 Å². The van der Waals surface area contributed by atoms with E-state index in [1.54, 1.807) is 48.5 Å². The van der Waals surface area contributed by atoms with Gasteiger partial charge in [0.15, 0.2) is 0 Å². The number of rotatable bonds is 6. The Balaban J connectivity index is 1.97. The van der Waals surface area contributed by atoms with Crippen LogP contribution >= 0.6 is 0 Å². The van der Waals surface area contributed by atoms with Gasteiger partial charge in [0.2, 0.25) is 0 Å². The lowest BCUT2D eigenvalue weighted by Gasteiger charge is -2.26. The van der Waals surface area contributed by atoms with Crippen molar-refractivity contribution < 1.29 is 29.1 Å². The highest BCUT2D eigenvalue weighted by molar-refractivity contribution is 6.51. The Morgan fingerprint density at radius 2 is 1.65 bits per heavy atom. The predicted octanol–water partition coefficient (Wildman–Crippen LogP) is 4.24. The number of hydrogen-bond acceptors (Lipinski definition) is 7. The van der Waals surface area contributed by atoms with Crippen molar-refractivity contribution in [1.29, 1.82) is 0 Å². The molecule has 9 nitrogen and oxygen atoms in total. The van der Waals surface area contributed by atoms with Crippen LogP contribution in [0.25, 0.3) is 5.76 Å². The van der Waals surface area contributed by atoms with Gasteiger partial charge in [0.1, 0.15) is 17.3 Å². The number of aliphatic hydroxyl groups excluding tert-OH is 1. The third-order valence-corrected chi connectivity index (χ3v) is 5.57. The highest BCUT2D eigenvalue weighted by Gasteiger charge is 2.48. The summed E-state index contributed by atoms with van der Waals surface area (Å²) in [5.74, 6) is -1.28. The molecule has 34 heavy (non-hydrogen) atoms. The number of benzene rings is 3. The second-order valence-electron chi connectivity index (χ2n) is 7.42. The van der Waals surface area contributed by atoms with Gasteiger partial charge in [-0.3, -0.25) is 24.6 Å². The van der Waals surface area contributed by atoms with E-state index in [0.717, 1.165) is 0 Å². The van der Waals surface area contributed by atoms with Crippen molar-refractivity contribution in [2.24, 2.45) is 0 Å². The van der Waals surface area contributed by atoms with Crippen LogP contribution in [0.2, 0.25) is 0 Å². The Morgan fingerprint density at radius 1 is 0.971 bits per heavy atom. The fourth-order valence-electron chi connectivity index (χ4n) is 3.92. The summed E-state index contributed by atoms with van der Waals surface area (Å²) in [6.45, 7) is 0. The average Bonchev–Trinajstić information content (AvgIpc) is 3.13. The Morgan fingerprint density at radius 3 is 2.24 bits per heavy atom. The summed E-state index contributed by atoms with van der Waals surface area (Å²) in [5.41, 5.74) is 0.754. The van der Waals surface area contributed by atoms with E-state index in [-0.39, 0.29) is 22.7 Å². The molecule has 0 unspecified atom stereocenters. The molecule has 4 rings (SSSR count). The number of carbonyl (C=O) groups is 2. The Kier molecular flexibility index (Phi) is 6.01. The number of aliphatic hydroxyl groups is 1. The minimum atomic E-state index is -1.05. The number of ether oxygens (including phenoxy) is 2. The zero-order valence-electron chi connectivity index (χ0n) is 18.3. The molecular weight excluding hydrogens is 440 g/mol.